The summed E-state index contributed by atoms with van der Waals surface area (Å²) in [6, 6.07) is -0.0856. The lowest BCUT2D eigenvalue weighted by Gasteiger charge is -2.13. The van der Waals surface area contributed by atoms with Crippen LogP contribution in [0.2, 0.25) is 0 Å². The van der Waals surface area contributed by atoms with E-state index in [1.54, 1.807) is 0 Å². The van der Waals surface area contributed by atoms with Crippen molar-refractivity contribution in [3.8, 4) is 0 Å². The number of anilines is 2. The molecule has 0 aliphatic heterocycles. The molecule has 7 heteroatoms. The third kappa shape index (κ3) is 3.54. The average molecular weight is 258 g/mol. The summed E-state index contributed by atoms with van der Waals surface area (Å²) in [6.45, 7) is 3.88. The van der Waals surface area contributed by atoms with Gasteiger partial charge in [-0.3, -0.25) is 4.79 Å². The average Bonchev–Trinajstić information content (AvgIpc) is 2.30. The fraction of sp³-hybridized carbons (Fsp3) is 0.455. The molecule has 1 rings (SSSR count). The first kappa shape index (κ1) is 14.1. The maximum Gasteiger partial charge on any atom is 0.239 e. The zero-order chi connectivity index (χ0) is 13.7. The molecule has 0 saturated carbocycles. The van der Waals surface area contributed by atoms with E-state index in [0.717, 1.165) is 6.42 Å². The van der Waals surface area contributed by atoms with Gasteiger partial charge in [-0.05, 0) is 13.3 Å². The largest absolute Gasteiger partial charge is 0.368 e. The van der Waals surface area contributed by atoms with Crippen LogP contribution in [0.25, 0.3) is 0 Å². The van der Waals surface area contributed by atoms with Crippen molar-refractivity contribution in [1.82, 2.24) is 4.98 Å². The molecule has 0 spiro atoms. The second-order valence-electron chi connectivity index (χ2n) is 3.84. The van der Waals surface area contributed by atoms with Crippen LogP contribution in [0.15, 0.2) is 6.07 Å². The van der Waals surface area contributed by atoms with Crippen LogP contribution in [0.1, 0.15) is 20.3 Å². The van der Waals surface area contributed by atoms with Crippen LogP contribution < -0.4 is 16.4 Å². The fourth-order valence-corrected chi connectivity index (χ4v) is 1.21. The predicted octanol–water partition coefficient (Wildman–Crippen LogP) is 1.47. The summed E-state index contributed by atoms with van der Waals surface area (Å²) >= 11 is 0. The second-order valence-corrected chi connectivity index (χ2v) is 3.84. The Labute approximate surface area is 104 Å². The number of rotatable bonds is 6. The van der Waals surface area contributed by atoms with Crippen LogP contribution in [0, 0.1) is 11.6 Å². The summed E-state index contributed by atoms with van der Waals surface area (Å²) in [6.07, 6.45) is 0.777. The van der Waals surface area contributed by atoms with Crippen molar-refractivity contribution in [2.24, 2.45) is 5.73 Å². The molecule has 0 aliphatic carbocycles. The molecule has 1 atom stereocenters. The number of nitrogens with zero attached hydrogens (tertiary/aromatic N) is 1. The van der Waals surface area contributed by atoms with Gasteiger partial charge in [-0.15, -0.1) is 0 Å². The highest BCUT2D eigenvalue weighted by Crippen LogP contribution is 2.19. The van der Waals surface area contributed by atoms with E-state index in [1.165, 1.54) is 6.92 Å². The lowest BCUT2D eigenvalue weighted by Crippen LogP contribution is -2.33. The number of carbonyl (C=O) groups is 1. The van der Waals surface area contributed by atoms with Gasteiger partial charge in [-0.2, -0.15) is 0 Å². The van der Waals surface area contributed by atoms with Crippen LogP contribution in [0.5, 0.6) is 0 Å². The highest BCUT2D eigenvalue weighted by Gasteiger charge is 2.15. The standard InChI is InChI=1S/C11H16F2N4O/c1-3-4-15-10-7(12)5-8(13)11(17-10)16-6(2)9(14)18/h5-6H,3-4H2,1-2H3,(H2,14,18)(H2,15,16,17). The molecule has 1 amide bonds. The number of hydrogen-bond donors (Lipinski definition) is 3. The molecule has 18 heavy (non-hydrogen) atoms. The molecule has 1 aromatic heterocycles. The Morgan fingerprint density at radius 1 is 1.44 bits per heavy atom. The van der Waals surface area contributed by atoms with Crippen LogP contribution in [-0.4, -0.2) is 23.5 Å². The SMILES string of the molecule is CCCNc1nc(NC(C)C(N)=O)c(F)cc1F. The number of primary amides is 1. The van der Waals surface area contributed by atoms with Crippen LogP contribution in [-0.2, 0) is 4.79 Å². The van der Waals surface area contributed by atoms with Gasteiger partial charge in [0, 0.05) is 12.6 Å². The second kappa shape index (κ2) is 6.13. The summed E-state index contributed by atoms with van der Waals surface area (Å²) in [4.78, 5) is 14.6. The Hall–Kier alpha value is -1.92. The smallest absolute Gasteiger partial charge is 0.239 e. The van der Waals surface area contributed by atoms with E-state index in [4.69, 9.17) is 5.73 Å². The van der Waals surface area contributed by atoms with E-state index >= 15 is 0 Å². The number of hydrogen-bond acceptors (Lipinski definition) is 4. The van der Waals surface area contributed by atoms with E-state index in [2.05, 4.69) is 15.6 Å². The van der Waals surface area contributed by atoms with Gasteiger partial charge in [-0.1, -0.05) is 6.92 Å². The molecule has 1 heterocycles. The molecule has 100 valence electrons. The molecule has 0 fully saturated rings. The number of halogens is 2. The molecule has 0 bridgehead atoms. The van der Waals surface area contributed by atoms with Crippen molar-refractivity contribution >= 4 is 17.5 Å². The van der Waals surface area contributed by atoms with E-state index in [0.29, 0.717) is 12.6 Å². The highest BCUT2D eigenvalue weighted by atomic mass is 19.1. The van der Waals surface area contributed by atoms with E-state index in [9.17, 15) is 13.6 Å². The summed E-state index contributed by atoms with van der Waals surface area (Å²) in [5, 5.41) is 5.21. The summed E-state index contributed by atoms with van der Waals surface area (Å²) in [5.74, 6) is -2.57. The molecular weight excluding hydrogens is 242 g/mol. The molecule has 1 unspecified atom stereocenters. The Kier molecular flexibility index (Phi) is 4.82. The number of nitrogens with two attached hydrogens (primary N) is 1. The van der Waals surface area contributed by atoms with E-state index in [1.807, 2.05) is 6.92 Å². The third-order valence-electron chi connectivity index (χ3n) is 2.25. The van der Waals surface area contributed by atoms with Crippen LogP contribution >= 0.6 is 0 Å². The van der Waals surface area contributed by atoms with Crippen molar-refractivity contribution in [3.05, 3.63) is 17.7 Å². The lowest BCUT2D eigenvalue weighted by atomic mass is 10.3. The minimum atomic E-state index is -0.873. The Bertz CT molecular complexity index is 439. The lowest BCUT2D eigenvalue weighted by molar-refractivity contribution is -0.118. The highest BCUT2D eigenvalue weighted by molar-refractivity contribution is 5.82. The summed E-state index contributed by atoms with van der Waals surface area (Å²) in [5.41, 5.74) is 5.04. The predicted molar refractivity (Wildman–Crippen MR) is 65.2 cm³/mol. The quantitative estimate of drug-likeness (QED) is 0.721. The first-order valence-corrected chi connectivity index (χ1v) is 5.61. The van der Waals surface area contributed by atoms with Crippen molar-refractivity contribution in [3.63, 3.8) is 0 Å². The maximum absolute atomic E-state index is 13.4. The van der Waals surface area contributed by atoms with Gasteiger partial charge in [0.15, 0.2) is 23.3 Å². The summed E-state index contributed by atoms with van der Waals surface area (Å²) in [7, 11) is 0. The zero-order valence-corrected chi connectivity index (χ0v) is 10.3. The third-order valence-corrected chi connectivity index (χ3v) is 2.25. The van der Waals surface area contributed by atoms with Crippen LogP contribution in [0.4, 0.5) is 20.4 Å². The number of amides is 1. The monoisotopic (exact) mass is 258 g/mol. The maximum atomic E-state index is 13.4. The van der Waals surface area contributed by atoms with Crippen molar-refractivity contribution in [2.45, 2.75) is 26.3 Å². The molecule has 0 radical (unpaired) electrons. The van der Waals surface area contributed by atoms with Crippen LogP contribution in [0.3, 0.4) is 0 Å². The van der Waals surface area contributed by atoms with E-state index in [-0.39, 0.29) is 11.6 Å². The molecule has 0 aromatic carbocycles. The molecule has 1 aromatic rings. The molecular formula is C11H16F2N4O. The van der Waals surface area contributed by atoms with Gasteiger partial charge < -0.3 is 16.4 Å². The number of pyridine rings is 1. The first-order valence-electron chi connectivity index (χ1n) is 5.61. The molecule has 0 aliphatic rings. The van der Waals surface area contributed by atoms with Crippen molar-refractivity contribution in [2.75, 3.05) is 17.2 Å². The fourth-order valence-electron chi connectivity index (χ4n) is 1.21. The molecule has 4 N–H and O–H groups in total. The normalized spacial score (nSPS) is 12.0. The summed E-state index contributed by atoms with van der Waals surface area (Å²) < 4.78 is 26.8. The van der Waals surface area contributed by atoms with Gasteiger partial charge in [0.2, 0.25) is 5.91 Å². The van der Waals surface area contributed by atoms with Gasteiger partial charge in [0.1, 0.15) is 6.04 Å². The minimum Gasteiger partial charge on any atom is -0.368 e. The Balaban J connectivity index is 2.93. The number of aromatic nitrogens is 1. The van der Waals surface area contributed by atoms with Gasteiger partial charge in [-0.25, -0.2) is 13.8 Å². The Morgan fingerprint density at radius 2 is 2.06 bits per heavy atom. The van der Waals surface area contributed by atoms with Crippen molar-refractivity contribution < 1.29 is 13.6 Å². The zero-order valence-electron chi connectivity index (χ0n) is 10.3. The number of nitrogens with one attached hydrogen (secondary N) is 2. The van der Waals surface area contributed by atoms with Gasteiger partial charge in [0.25, 0.3) is 0 Å². The minimum absolute atomic E-state index is 0.0579. The molecule has 0 saturated heterocycles. The van der Waals surface area contributed by atoms with Crippen molar-refractivity contribution in [1.29, 1.82) is 0 Å². The topological polar surface area (TPSA) is 80.0 Å². The Morgan fingerprint density at radius 3 is 2.61 bits per heavy atom. The van der Waals surface area contributed by atoms with Gasteiger partial charge >= 0.3 is 0 Å². The van der Waals surface area contributed by atoms with Gasteiger partial charge in [0.05, 0.1) is 0 Å². The van der Waals surface area contributed by atoms with E-state index < -0.39 is 23.6 Å². The molecule has 5 nitrogen and oxygen atoms in total. The first-order chi connectivity index (χ1) is 8.45. The number of carbonyl (C=O) groups excluding carboxylic acids is 1.